The molecule has 3 heteroatoms. The van der Waals surface area contributed by atoms with Gasteiger partial charge in [-0.2, -0.15) is 0 Å². The Morgan fingerprint density at radius 2 is 1.73 bits per heavy atom. The van der Waals surface area contributed by atoms with Gasteiger partial charge >= 0.3 is 0 Å². The van der Waals surface area contributed by atoms with Gasteiger partial charge in [-0.25, -0.2) is 0 Å². The number of likely N-dealkylation sites (tertiary alicyclic amines) is 1. The fourth-order valence-electron chi connectivity index (χ4n) is 3.11. The molecule has 2 fully saturated rings. The molecule has 2 N–H and O–H groups in total. The maximum absolute atomic E-state index is 11.7. The summed E-state index contributed by atoms with van der Waals surface area (Å²) in [5, 5.41) is 0. The first-order valence-corrected chi connectivity index (χ1v) is 6.17. The second kappa shape index (κ2) is 4.12. The van der Waals surface area contributed by atoms with E-state index in [1.54, 1.807) is 6.92 Å². The number of nitrogens with two attached hydrogens (primary N) is 1. The molecule has 0 aromatic heterocycles. The lowest BCUT2D eigenvalue weighted by Crippen LogP contribution is -2.47. The minimum Gasteiger partial charge on any atom is -0.341 e. The van der Waals surface area contributed by atoms with Crippen LogP contribution in [0.2, 0.25) is 0 Å². The average molecular weight is 210 g/mol. The smallest absolute Gasteiger partial charge is 0.239 e. The summed E-state index contributed by atoms with van der Waals surface area (Å²) in [5.74, 6) is 0.128. The second-order valence-corrected chi connectivity index (χ2v) is 5.32. The highest BCUT2D eigenvalue weighted by atomic mass is 16.2. The molecule has 1 heterocycles. The SMILES string of the molecule is C[C@@H](N)C(=O)N1CCC2(CCCC2)CC1. The van der Waals surface area contributed by atoms with Crippen molar-refractivity contribution in [2.75, 3.05) is 13.1 Å². The Labute approximate surface area is 92.0 Å². The van der Waals surface area contributed by atoms with Crippen molar-refractivity contribution >= 4 is 5.91 Å². The van der Waals surface area contributed by atoms with E-state index in [0.29, 0.717) is 5.41 Å². The third-order valence-electron chi connectivity index (χ3n) is 4.19. The van der Waals surface area contributed by atoms with Gasteiger partial charge < -0.3 is 10.6 Å². The summed E-state index contributed by atoms with van der Waals surface area (Å²) >= 11 is 0. The fraction of sp³-hybridized carbons (Fsp3) is 0.917. The van der Waals surface area contributed by atoms with Gasteiger partial charge in [0.15, 0.2) is 0 Å². The summed E-state index contributed by atoms with van der Waals surface area (Å²) in [6.45, 7) is 3.64. The molecule has 1 amide bonds. The van der Waals surface area contributed by atoms with Crippen LogP contribution < -0.4 is 5.73 Å². The number of piperidine rings is 1. The number of amides is 1. The Kier molecular flexibility index (Phi) is 3.01. The van der Waals surface area contributed by atoms with Crippen LogP contribution in [0, 0.1) is 5.41 Å². The van der Waals surface area contributed by atoms with Crippen LogP contribution in [-0.4, -0.2) is 29.9 Å². The summed E-state index contributed by atoms with van der Waals surface area (Å²) in [7, 11) is 0. The number of nitrogens with zero attached hydrogens (tertiary/aromatic N) is 1. The van der Waals surface area contributed by atoms with Crippen molar-refractivity contribution in [3.63, 3.8) is 0 Å². The Morgan fingerprint density at radius 3 is 2.20 bits per heavy atom. The Morgan fingerprint density at radius 1 is 1.20 bits per heavy atom. The molecule has 0 aromatic rings. The van der Waals surface area contributed by atoms with E-state index in [2.05, 4.69) is 0 Å². The number of carbonyl (C=O) groups excluding carboxylic acids is 1. The summed E-state index contributed by atoms with van der Waals surface area (Å²) in [6, 6.07) is -0.331. The van der Waals surface area contributed by atoms with Crippen LogP contribution in [0.25, 0.3) is 0 Å². The minimum absolute atomic E-state index is 0.128. The van der Waals surface area contributed by atoms with Crippen molar-refractivity contribution in [1.82, 2.24) is 4.90 Å². The van der Waals surface area contributed by atoms with Crippen molar-refractivity contribution in [3.05, 3.63) is 0 Å². The number of carbonyl (C=O) groups is 1. The summed E-state index contributed by atoms with van der Waals surface area (Å²) in [5.41, 5.74) is 6.21. The molecule has 1 spiro atoms. The van der Waals surface area contributed by atoms with E-state index >= 15 is 0 Å². The predicted octanol–water partition coefficient (Wildman–Crippen LogP) is 1.52. The van der Waals surface area contributed by atoms with E-state index in [-0.39, 0.29) is 11.9 Å². The van der Waals surface area contributed by atoms with Gasteiger partial charge in [0.25, 0.3) is 0 Å². The minimum atomic E-state index is -0.331. The van der Waals surface area contributed by atoms with Crippen LogP contribution >= 0.6 is 0 Å². The Balaban J connectivity index is 1.89. The number of hydrogen-bond donors (Lipinski definition) is 1. The van der Waals surface area contributed by atoms with Crippen LogP contribution in [-0.2, 0) is 4.79 Å². The van der Waals surface area contributed by atoms with Crippen molar-refractivity contribution in [2.24, 2.45) is 11.1 Å². The van der Waals surface area contributed by atoms with Gasteiger partial charge in [0, 0.05) is 13.1 Å². The molecular weight excluding hydrogens is 188 g/mol. The summed E-state index contributed by atoms with van der Waals surface area (Å²) < 4.78 is 0. The highest BCUT2D eigenvalue weighted by Crippen LogP contribution is 2.46. The molecule has 15 heavy (non-hydrogen) atoms. The maximum Gasteiger partial charge on any atom is 0.239 e. The topological polar surface area (TPSA) is 46.3 Å². The first-order chi connectivity index (χ1) is 7.13. The monoisotopic (exact) mass is 210 g/mol. The first-order valence-electron chi connectivity index (χ1n) is 6.17. The second-order valence-electron chi connectivity index (χ2n) is 5.32. The zero-order valence-corrected chi connectivity index (χ0v) is 9.67. The van der Waals surface area contributed by atoms with Crippen molar-refractivity contribution in [1.29, 1.82) is 0 Å². The van der Waals surface area contributed by atoms with Gasteiger partial charge in [-0.15, -0.1) is 0 Å². The molecule has 2 aliphatic rings. The van der Waals surface area contributed by atoms with Crippen molar-refractivity contribution in [3.8, 4) is 0 Å². The largest absolute Gasteiger partial charge is 0.341 e. The van der Waals surface area contributed by atoms with Crippen LogP contribution in [0.15, 0.2) is 0 Å². The Bertz CT molecular complexity index is 234. The van der Waals surface area contributed by atoms with E-state index in [9.17, 15) is 4.79 Å². The lowest BCUT2D eigenvalue weighted by atomic mass is 9.77. The van der Waals surface area contributed by atoms with Gasteiger partial charge in [-0.05, 0) is 38.0 Å². The molecule has 0 bridgehead atoms. The fourth-order valence-corrected chi connectivity index (χ4v) is 3.11. The number of hydrogen-bond acceptors (Lipinski definition) is 2. The molecule has 3 nitrogen and oxygen atoms in total. The molecule has 0 unspecified atom stereocenters. The molecule has 2 rings (SSSR count). The van der Waals surface area contributed by atoms with Gasteiger partial charge in [0.2, 0.25) is 5.91 Å². The summed E-state index contributed by atoms with van der Waals surface area (Å²) in [6.07, 6.45) is 7.94. The van der Waals surface area contributed by atoms with Gasteiger partial charge in [0.1, 0.15) is 0 Å². The van der Waals surface area contributed by atoms with Crippen LogP contribution in [0.3, 0.4) is 0 Å². The van der Waals surface area contributed by atoms with Crippen molar-refractivity contribution < 1.29 is 4.79 Å². The van der Waals surface area contributed by atoms with E-state index in [1.165, 1.54) is 38.5 Å². The predicted molar refractivity (Wildman–Crippen MR) is 60.4 cm³/mol. The third kappa shape index (κ3) is 2.17. The molecule has 1 aliphatic carbocycles. The normalized spacial score (nSPS) is 26.9. The van der Waals surface area contributed by atoms with Crippen LogP contribution in [0.4, 0.5) is 0 Å². The Hall–Kier alpha value is -0.570. The van der Waals surface area contributed by atoms with Gasteiger partial charge in [0.05, 0.1) is 6.04 Å². The average Bonchev–Trinajstić information content (AvgIpc) is 2.67. The third-order valence-corrected chi connectivity index (χ3v) is 4.19. The molecule has 1 atom stereocenters. The molecule has 1 saturated carbocycles. The van der Waals surface area contributed by atoms with Crippen LogP contribution in [0.5, 0.6) is 0 Å². The van der Waals surface area contributed by atoms with E-state index in [4.69, 9.17) is 5.73 Å². The van der Waals surface area contributed by atoms with E-state index in [0.717, 1.165) is 13.1 Å². The summed E-state index contributed by atoms with van der Waals surface area (Å²) in [4.78, 5) is 13.7. The van der Waals surface area contributed by atoms with Crippen LogP contribution in [0.1, 0.15) is 45.4 Å². The molecule has 1 saturated heterocycles. The maximum atomic E-state index is 11.7. The molecule has 0 aromatic carbocycles. The first kappa shape index (κ1) is 10.9. The van der Waals surface area contributed by atoms with E-state index < -0.39 is 0 Å². The molecule has 0 radical (unpaired) electrons. The van der Waals surface area contributed by atoms with E-state index in [1.807, 2.05) is 4.90 Å². The zero-order chi connectivity index (χ0) is 10.9. The molecule has 86 valence electrons. The lowest BCUT2D eigenvalue weighted by molar-refractivity contribution is -0.134. The van der Waals surface area contributed by atoms with Gasteiger partial charge in [-0.1, -0.05) is 12.8 Å². The lowest BCUT2D eigenvalue weighted by Gasteiger charge is -2.39. The standard InChI is InChI=1S/C12H22N2O/c1-10(13)11(15)14-8-6-12(7-9-14)4-2-3-5-12/h10H,2-9,13H2,1H3/t10-/m1/s1. The highest BCUT2D eigenvalue weighted by Gasteiger charge is 2.38. The van der Waals surface area contributed by atoms with Gasteiger partial charge in [-0.3, -0.25) is 4.79 Å². The highest BCUT2D eigenvalue weighted by molar-refractivity contribution is 5.81. The molecule has 1 aliphatic heterocycles. The zero-order valence-electron chi connectivity index (χ0n) is 9.67. The quantitative estimate of drug-likeness (QED) is 0.713. The number of rotatable bonds is 1. The van der Waals surface area contributed by atoms with Crippen molar-refractivity contribution in [2.45, 2.75) is 51.5 Å². The molecular formula is C12H22N2O.